The summed E-state index contributed by atoms with van der Waals surface area (Å²) >= 11 is 6.12. The zero-order chi connectivity index (χ0) is 39.5. The van der Waals surface area contributed by atoms with E-state index in [0.29, 0.717) is 34.1 Å². The normalized spacial score (nSPS) is 12.5. The summed E-state index contributed by atoms with van der Waals surface area (Å²) in [7, 11) is 0. The average Bonchev–Trinajstić information content (AvgIpc) is 3.14. The maximum atomic E-state index is 13.1. The SMILES string of the molecule is Cc1cccc(C)c1OCC(=O)NCC[C@H](O)CNC(=O)[C@H](CC(C)C)NC(=O)C1=CCOc2ccc(Cl)cc21.Cc1ccccc1.Cc1ccccc1. The number of carbonyl (C=O) groups excluding carboxylic acids is 3. The van der Waals surface area contributed by atoms with Gasteiger partial charge in [0.25, 0.3) is 11.8 Å². The molecule has 288 valence electrons. The summed E-state index contributed by atoms with van der Waals surface area (Å²) in [5.74, 6) is 0.264. The topological polar surface area (TPSA) is 126 Å². The first-order valence-electron chi connectivity index (χ1n) is 18.2. The molecule has 0 bridgehead atoms. The molecule has 4 aromatic carbocycles. The molecule has 54 heavy (non-hydrogen) atoms. The molecule has 0 unspecified atom stereocenters. The third kappa shape index (κ3) is 15.5. The van der Waals surface area contributed by atoms with E-state index in [1.807, 2.05) is 82.3 Å². The molecule has 0 radical (unpaired) electrons. The summed E-state index contributed by atoms with van der Waals surface area (Å²) in [5, 5.41) is 19.1. The van der Waals surface area contributed by atoms with Gasteiger partial charge >= 0.3 is 0 Å². The van der Waals surface area contributed by atoms with Gasteiger partial charge in [0.05, 0.1) is 6.10 Å². The van der Waals surface area contributed by atoms with E-state index >= 15 is 0 Å². The van der Waals surface area contributed by atoms with Gasteiger partial charge in [0.1, 0.15) is 24.1 Å². The molecule has 1 aliphatic heterocycles. The highest BCUT2D eigenvalue weighted by atomic mass is 35.5. The van der Waals surface area contributed by atoms with Crippen LogP contribution in [0.4, 0.5) is 0 Å². The number of nitrogens with one attached hydrogen (secondary N) is 3. The Hall–Kier alpha value is -5.12. The lowest BCUT2D eigenvalue weighted by Gasteiger charge is -2.24. The number of aliphatic hydroxyl groups excluding tert-OH is 1. The van der Waals surface area contributed by atoms with Gasteiger partial charge in [-0.25, -0.2) is 0 Å². The van der Waals surface area contributed by atoms with Crippen molar-refractivity contribution in [3.8, 4) is 11.5 Å². The maximum Gasteiger partial charge on any atom is 0.257 e. The van der Waals surface area contributed by atoms with Crippen molar-refractivity contribution in [2.45, 2.75) is 66.5 Å². The minimum atomic E-state index is -0.883. The number of aliphatic hydroxyl groups is 1. The van der Waals surface area contributed by atoms with Crippen molar-refractivity contribution in [2.24, 2.45) is 5.92 Å². The Balaban J connectivity index is 0.000000462. The molecule has 0 fully saturated rings. The number of rotatable bonds is 13. The Morgan fingerprint density at radius 2 is 1.44 bits per heavy atom. The van der Waals surface area contributed by atoms with Crippen LogP contribution in [0.1, 0.15) is 54.5 Å². The number of halogens is 1. The number of ether oxygens (including phenoxy) is 2. The van der Waals surface area contributed by atoms with E-state index in [2.05, 4.69) is 54.1 Å². The lowest BCUT2D eigenvalue weighted by Crippen LogP contribution is -2.49. The van der Waals surface area contributed by atoms with E-state index in [1.165, 1.54) is 11.1 Å². The lowest BCUT2D eigenvalue weighted by atomic mass is 9.99. The molecule has 4 aromatic rings. The van der Waals surface area contributed by atoms with E-state index in [-0.39, 0.29) is 44.5 Å². The molecule has 4 N–H and O–H groups in total. The molecule has 0 spiro atoms. The van der Waals surface area contributed by atoms with Crippen molar-refractivity contribution in [2.75, 3.05) is 26.3 Å². The molecule has 0 aromatic heterocycles. The Morgan fingerprint density at radius 1 is 0.833 bits per heavy atom. The fraction of sp³-hybridized carbons (Fsp3) is 0.341. The molecule has 5 rings (SSSR count). The van der Waals surface area contributed by atoms with Crippen LogP contribution in [0.3, 0.4) is 0 Å². The number of hydrogen-bond donors (Lipinski definition) is 4. The molecule has 9 nitrogen and oxygen atoms in total. The first-order valence-corrected chi connectivity index (χ1v) is 18.6. The number of benzene rings is 4. The lowest BCUT2D eigenvalue weighted by molar-refractivity contribution is -0.127. The van der Waals surface area contributed by atoms with E-state index < -0.39 is 24.0 Å². The quantitative estimate of drug-likeness (QED) is 0.113. The number of fused-ring (bicyclic) bond motifs is 1. The largest absolute Gasteiger partial charge is 0.489 e. The van der Waals surface area contributed by atoms with Crippen molar-refractivity contribution in [3.63, 3.8) is 0 Å². The molecule has 0 saturated heterocycles. The van der Waals surface area contributed by atoms with Gasteiger partial charge in [0.15, 0.2) is 6.61 Å². The van der Waals surface area contributed by atoms with Crippen LogP contribution in [0.2, 0.25) is 5.02 Å². The number of hydrogen-bond acceptors (Lipinski definition) is 6. The van der Waals surface area contributed by atoms with E-state index in [0.717, 1.165) is 11.1 Å². The average molecular weight is 756 g/mol. The fourth-order valence-electron chi connectivity index (χ4n) is 5.42. The van der Waals surface area contributed by atoms with Crippen LogP contribution < -0.4 is 25.4 Å². The maximum absolute atomic E-state index is 13.1. The number of carbonyl (C=O) groups is 3. The minimum absolute atomic E-state index is 0.0208. The van der Waals surface area contributed by atoms with Crippen LogP contribution in [-0.4, -0.2) is 61.3 Å². The Kier molecular flexibility index (Phi) is 18.3. The van der Waals surface area contributed by atoms with Gasteiger partial charge in [-0.3, -0.25) is 14.4 Å². The van der Waals surface area contributed by atoms with Crippen molar-refractivity contribution >= 4 is 34.9 Å². The summed E-state index contributed by atoms with van der Waals surface area (Å²) in [4.78, 5) is 38.3. The molecule has 1 heterocycles. The van der Waals surface area contributed by atoms with E-state index in [1.54, 1.807) is 24.3 Å². The summed E-state index contributed by atoms with van der Waals surface area (Å²) in [6.45, 7) is 12.2. The smallest absolute Gasteiger partial charge is 0.257 e. The van der Waals surface area contributed by atoms with Gasteiger partial charge in [0, 0.05) is 29.2 Å². The van der Waals surface area contributed by atoms with Gasteiger partial charge in [-0.05, 0) is 81.9 Å². The predicted molar refractivity (Wildman–Crippen MR) is 217 cm³/mol. The number of amides is 3. The first-order chi connectivity index (χ1) is 25.8. The second-order valence-electron chi connectivity index (χ2n) is 13.6. The van der Waals surface area contributed by atoms with Crippen molar-refractivity contribution < 1.29 is 29.0 Å². The van der Waals surface area contributed by atoms with E-state index in [4.69, 9.17) is 21.1 Å². The number of aryl methyl sites for hydroxylation is 4. The zero-order valence-electron chi connectivity index (χ0n) is 32.2. The van der Waals surface area contributed by atoms with Crippen LogP contribution in [0.25, 0.3) is 5.57 Å². The zero-order valence-corrected chi connectivity index (χ0v) is 32.9. The minimum Gasteiger partial charge on any atom is -0.489 e. The predicted octanol–water partition coefficient (Wildman–Crippen LogP) is 7.32. The van der Waals surface area contributed by atoms with Crippen molar-refractivity contribution in [3.05, 3.63) is 136 Å². The van der Waals surface area contributed by atoms with Crippen molar-refractivity contribution in [1.82, 2.24) is 16.0 Å². The highest BCUT2D eigenvalue weighted by Gasteiger charge is 2.27. The van der Waals surface area contributed by atoms with Gasteiger partial charge in [-0.2, -0.15) is 0 Å². The monoisotopic (exact) mass is 755 g/mol. The van der Waals surface area contributed by atoms with Crippen LogP contribution >= 0.6 is 11.6 Å². The molecular formula is C44H54ClN3O6. The molecule has 0 aliphatic carbocycles. The second-order valence-corrected chi connectivity index (χ2v) is 14.0. The van der Waals surface area contributed by atoms with Gasteiger partial charge < -0.3 is 30.5 Å². The van der Waals surface area contributed by atoms with Crippen LogP contribution in [0, 0.1) is 33.6 Å². The Labute approximate surface area is 325 Å². The van der Waals surface area contributed by atoms with Crippen LogP contribution in [0.5, 0.6) is 11.5 Å². The summed E-state index contributed by atoms with van der Waals surface area (Å²) in [5.41, 5.74) is 5.50. The standard InChI is InChI=1S/C30H38ClN3O6.2C7H8/c1-18(2)14-25(34-29(37)23-11-13-39-26-9-8-21(31)15-24(23)26)30(38)33-16-22(35)10-12-32-27(36)17-40-28-19(3)6-5-7-20(28)4;2*1-7-5-3-2-4-6-7/h5-9,11,15,18,22,25,35H,10,12-14,16-17H2,1-4H3,(H,32,36)(H,33,38)(H,34,37);2*2-6H,1H3/t22-,25-;;/m0../s1. The molecule has 10 heteroatoms. The first kappa shape index (κ1) is 43.3. The summed E-state index contributed by atoms with van der Waals surface area (Å²) in [6, 6.07) is 30.5. The van der Waals surface area contributed by atoms with E-state index in [9.17, 15) is 19.5 Å². The third-order valence-electron chi connectivity index (χ3n) is 8.28. The summed E-state index contributed by atoms with van der Waals surface area (Å²) < 4.78 is 11.2. The molecule has 0 saturated carbocycles. The molecule has 2 atom stereocenters. The molecule has 1 aliphatic rings. The summed E-state index contributed by atoms with van der Waals surface area (Å²) in [6.07, 6.45) is 1.42. The molecular weight excluding hydrogens is 702 g/mol. The van der Waals surface area contributed by atoms with Gasteiger partial charge in [-0.15, -0.1) is 0 Å². The van der Waals surface area contributed by atoms with Crippen LogP contribution in [-0.2, 0) is 14.4 Å². The fourth-order valence-corrected chi connectivity index (χ4v) is 5.60. The van der Waals surface area contributed by atoms with Gasteiger partial charge in [0.2, 0.25) is 5.91 Å². The Bertz CT molecular complexity index is 1760. The van der Waals surface area contributed by atoms with Gasteiger partial charge in [-0.1, -0.05) is 115 Å². The highest BCUT2D eigenvalue weighted by molar-refractivity contribution is 6.31. The van der Waals surface area contributed by atoms with Crippen LogP contribution in [0.15, 0.2) is 103 Å². The number of para-hydroxylation sites is 1. The third-order valence-corrected chi connectivity index (χ3v) is 8.52. The van der Waals surface area contributed by atoms with Crippen molar-refractivity contribution in [1.29, 1.82) is 0 Å². The molecule has 3 amide bonds. The highest BCUT2D eigenvalue weighted by Crippen LogP contribution is 2.32. The Morgan fingerprint density at radius 3 is 2.00 bits per heavy atom. The second kappa shape index (κ2) is 22.8.